The minimum absolute atomic E-state index is 0.264. The first-order valence-electron chi connectivity index (χ1n) is 6.10. The Bertz CT molecular complexity index is 519. The number of nitrogens with zero attached hydrogens (tertiary/aromatic N) is 2. The van der Waals surface area contributed by atoms with Gasteiger partial charge in [-0.2, -0.15) is 0 Å². The van der Waals surface area contributed by atoms with E-state index in [1.54, 1.807) is 13.1 Å². The third kappa shape index (κ3) is 2.60. The van der Waals surface area contributed by atoms with Crippen LogP contribution in [-0.4, -0.2) is 20.8 Å². The van der Waals surface area contributed by atoms with Gasteiger partial charge in [-0.15, -0.1) is 0 Å². The van der Waals surface area contributed by atoms with E-state index in [1.807, 2.05) is 42.0 Å². The molecule has 2 unspecified atom stereocenters. The van der Waals surface area contributed by atoms with Gasteiger partial charge >= 0.3 is 0 Å². The molecule has 2 aromatic rings. The highest BCUT2D eigenvalue weighted by atomic mass is 16.3. The molecule has 2 atom stereocenters. The maximum Gasteiger partial charge on any atom is 0.130 e. The van der Waals surface area contributed by atoms with Crippen LogP contribution in [0.5, 0.6) is 0 Å². The average Bonchev–Trinajstić information content (AvgIpc) is 2.76. The zero-order chi connectivity index (χ0) is 13.1. The number of benzene rings is 1. The molecule has 0 aliphatic heterocycles. The standard InChI is InChI=1S/C14H19N3O/c1-10-5-3-4-6-12(10)13(15)14-16-7-8-17(14)9-11(2)18/h3-8,11,13,18H,9,15H2,1-2H3. The SMILES string of the molecule is Cc1ccccc1C(N)c1nccn1CC(C)O. The predicted molar refractivity (Wildman–Crippen MR) is 71.1 cm³/mol. The predicted octanol–water partition coefficient (Wildman–Crippen LogP) is 1.62. The van der Waals surface area contributed by atoms with Gasteiger partial charge in [-0.25, -0.2) is 4.98 Å². The zero-order valence-corrected chi connectivity index (χ0v) is 10.7. The number of aryl methyl sites for hydroxylation is 1. The van der Waals surface area contributed by atoms with Crippen LogP contribution in [0, 0.1) is 6.92 Å². The molecule has 2 rings (SSSR count). The maximum absolute atomic E-state index is 9.47. The van der Waals surface area contributed by atoms with Crippen molar-refractivity contribution in [2.45, 2.75) is 32.5 Å². The zero-order valence-electron chi connectivity index (χ0n) is 10.7. The molecule has 18 heavy (non-hydrogen) atoms. The second kappa shape index (κ2) is 5.33. The van der Waals surface area contributed by atoms with E-state index in [4.69, 9.17) is 5.73 Å². The number of aliphatic hydroxyl groups excluding tert-OH is 1. The number of hydrogen-bond acceptors (Lipinski definition) is 3. The first kappa shape index (κ1) is 12.8. The van der Waals surface area contributed by atoms with Crippen LogP contribution in [0.4, 0.5) is 0 Å². The summed E-state index contributed by atoms with van der Waals surface area (Å²) in [5.74, 6) is 0.783. The fraction of sp³-hybridized carbons (Fsp3) is 0.357. The summed E-state index contributed by atoms with van der Waals surface area (Å²) in [5, 5.41) is 9.47. The van der Waals surface area contributed by atoms with Crippen LogP contribution in [0.2, 0.25) is 0 Å². The van der Waals surface area contributed by atoms with E-state index in [1.165, 1.54) is 0 Å². The quantitative estimate of drug-likeness (QED) is 0.860. The fourth-order valence-corrected chi connectivity index (χ4v) is 2.11. The third-order valence-electron chi connectivity index (χ3n) is 3.01. The van der Waals surface area contributed by atoms with Gasteiger partial charge in [-0.05, 0) is 25.0 Å². The van der Waals surface area contributed by atoms with Gasteiger partial charge in [0, 0.05) is 18.9 Å². The minimum atomic E-state index is -0.415. The summed E-state index contributed by atoms with van der Waals surface area (Å²) < 4.78 is 1.90. The Morgan fingerprint density at radius 1 is 1.39 bits per heavy atom. The van der Waals surface area contributed by atoms with Crippen molar-refractivity contribution in [2.75, 3.05) is 0 Å². The van der Waals surface area contributed by atoms with Crippen LogP contribution in [-0.2, 0) is 6.54 Å². The first-order valence-corrected chi connectivity index (χ1v) is 6.10. The van der Waals surface area contributed by atoms with Gasteiger partial charge in [0.25, 0.3) is 0 Å². The molecule has 0 saturated carbocycles. The lowest BCUT2D eigenvalue weighted by Crippen LogP contribution is -2.21. The molecule has 1 heterocycles. The average molecular weight is 245 g/mol. The molecule has 1 aromatic heterocycles. The van der Waals surface area contributed by atoms with E-state index in [9.17, 15) is 5.11 Å². The van der Waals surface area contributed by atoms with Gasteiger partial charge in [-0.3, -0.25) is 0 Å². The van der Waals surface area contributed by atoms with Crippen molar-refractivity contribution >= 4 is 0 Å². The number of aromatic nitrogens is 2. The highest BCUT2D eigenvalue weighted by Crippen LogP contribution is 2.21. The monoisotopic (exact) mass is 245 g/mol. The summed E-state index contributed by atoms with van der Waals surface area (Å²) in [6.07, 6.45) is 3.15. The molecule has 0 radical (unpaired) electrons. The summed E-state index contributed by atoms with van der Waals surface area (Å²) >= 11 is 0. The molecule has 3 N–H and O–H groups in total. The van der Waals surface area contributed by atoms with Gasteiger partial charge in [0.2, 0.25) is 0 Å². The summed E-state index contributed by atoms with van der Waals surface area (Å²) in [6.45, 7) is 4.30. The van der Waals surface area contributed by atoms with Gasteiger partial charge in [-0.1, -0.05) is 24.3 Å². The largest absolute Gasteiger partial charge is 0.392 e. The van der Waals surface area contributed by atoms with E-state index in [0.717, 1.165) is 17.0 Å². The topological polar surface area (TPSA) is 64.1 Å². The van der Waals surface area contributed by atoms with Gasteiger partial charge in [0.15, 0.2) is 0 Å². The van der Waals surface area contributed by atoms with Crippen molar-refractivity contribution in [3.05, 3.63) is 53.6 Å². The Kier molecular flexibility index (Phi) is 3.79. The number of hydrogen-bond donors (Lipinski definition) is 2. The van der Waals surface area contributed by atoms with Crippen molar-refractivity contribution in [1.29, 1.82) is 0 Å². The molecule has 0 amide bonds. The van der Waals surface area contributed by atoms with Gasteiger partial charge in [0.05, 0.1) is 12.1 Å². The molecule has 0 fully saturated rings. The molecule has 0 spiro atoms. The number of nitrogens with two attached hydrogens (primary N) is 1. The van der Waals surface area contributed by atoms with Crippen molar-refractivity contribution in [2.24, 2.45) is 5.73 Å². The fourth-order valence-electron chi connectivity index (χ4n) is 2.11. The first-order chi connectivity index (χ1) is 8.59. The Hall–Kier alpha value is -1.65. The van der Waals surface area contributed by atoms with E-state index in [-0.39, 0.29) is 6.04 Å². The van der Waals surface area contributed by atoms with Crippen molar-refractivity contribution in [1.82, 2.24) is 9.55 Å². The van der Waals surface area contributed by atoms with Crippen LogP contribution in [0.15, 0.2) is 36.7 Å². The summed E-state index contributed by atoms with van der Waals surface area (Å²) in [7, 11) is 0. The number of imidazole rings is 1. The van der Waals surface area contributed by atoms with E-state index in [2.05, 4.69) is 4.98 Å². The Morgan fingerprint density at radius 2 is 2.11 bits per heavy atom. The molecule has 4 heteroatoms. The molecule has 0 bridgehead atoms. The molecule has 0 aliphatic rings. The summed E-state index contributed by atoms with van der Waals surface area (Å²) in [6, 6.07) is 7.76. The summed E-state index contributed by atoms with van der Waals surface area (Å²) in [5.41, 5.74) is 8.49. The molecular formula is C14H19N3O. The van der Waals surface area contributed by atoms with Crippen LogP contribution in [0.25, 0.3) is 0 Å². The Balaban J connectivity index is 2.32. The second-order valence-corrected chi connectivity index (χ2v) is 4.62. The lowest BCUT2D eigenvalue weighted by Gasteiger charge is -2.17. The number of rotatable bonds is 4. The van der Waals surface area contributed by atoms with Crippen molar-refractivity contribution in [3.63, 3.8) is 0 Å². The Morgan fingerprint density at radius 3 is 2.78 bits per heavy atom. The third-order valence-corrected chi connectivity index (χ3v) is 3.01. The van der Waals surface area contributed by atoms with Crippen LogP contribution in [0.1, 0.15) is 29.9 Å². The molecular weight excluding hydrogens is 226 g/mol. The van der Waals surface area contributed by atoms with Crippen molar-refractivity contribution in [3.8, 4) is 0 Å². The van der Waals surface area contributed by atoms with Crippen LogP contribution >= 0.6 is 0 Å². The highest BCUT2D eigenvalue weighted by Gasteiger charge is 2.16. The lowest BCUT2D eigenvalue weighted by atomic mass is 10.0. The Labute approximate surface area is 107 Å². The molecule has 96 valence electrons. The van der Waals surface area contributed by atoms with Gasteiger partial charge in [0.1, 0.15) is 5.82 Å². The molecule has 4 nitrogen and oxygen atoms in total. The van der Waals surface area contributed by atoms with Gasteiger partial charge < -0.3 is 15.4 Å². The molecule has 0 aliphatic carbocycles. The van der Waals surface area contributed by atoms with E-state index < -0.39 is 6.10 Å². The van der Waals surface area contributed by atoms with E-state index in [0.29, 0.717) is 6.54 Å². The van der Waals surface area contributed by atoms with E-state index >= 15 is 0 Å². The maximum atomic E-state index is 9.47. The summed E-state index contributed by atoms with van der Waals surface area (Å²) in [4.78, 5) is 4.31. The highest BCUT2D eigenvalue weighted by molar-refractivity contribution is 5.32. The normalized spacial score (nSPS) is 14.4. The smallest absolute Gasteiger partial charge is 0.130 e. The second-order valence-electron chi connectivity index (χ2n) is 4.62. The van der Waals surface area contributed by atoms with Crippen molar-refractivity contribution < 1.29 is 5.11 Å². The number of aliphatic hydroxyl groups is 1. The minimum Gasteiger partial charge on any atom is -0.392 e. The van der Waals surface area contributed by atoms with Crippen LogP contribution in [0.3, 0.4) is 0 Å². The molecule has 1 aromatic carbocycles. The van der Waals surface area contributed by atoms with Crippen LogP contribution < -0.4 is 5.73 Å². The molecule has 0 saturated heterocycles. The lowest BCUT2D eigenvalue weighted by molar-refractivity contribution is 0.172.